The maximum atomic E-state index is 13.5. The zero-order chi connectivity index (χ0) is 24.7. The molecule has 0 bridgehead atoms. The average molecular weight is 489 g/mol. The number of hydrogen-bond donors (Lipinski definition) is 1. The van der Waals surface area contributed by atoms with Crippen molar-refractivity contribution in [3.05, 3.63) is 52.4 Å². The number of benzene rings is 1. The molecule has 2 aromatic rings. The molecule has 1 aromatic heterocycles. The van der Waals surface area contributed by atoms with Crippen LogP contribution in [0, 0.1) is 12.7 Å². The Morgan fingerprint density at radius 2 is 2.00 bits per heavy atom. The second kappa shape index (κ2) is 9.14. The third kappa shape index (κ3) is 5.19. The molecular weight excluding hydrogens is 468 g/mol. The number of carbonyl (C=O) groups excluding carboxylic acids is 2. The monoisotopic (exact) mass is 488 g/mol. The van der Waals surface area contributed by atoms with Crippen LogP contribution in [0.2, 0.25) is 5.02 Å². The molecule has 1 N–H and O–H groups in total. The highest BCUT2D eigenvalue weighted by Gasteiger charge is 2.45. The van der Waals surface area contributed by atoms with E-state index in [-0.39, 0.29) is 35.3 Å². The number of aliphatic hydroxyl groups is 1. The molecular formula is C21H21ClF4N4O3. The maximum Gasteiger partial charge on any atom is 0.416 e. The van der Waals surface area contributed by atoms with E-state index in [2.05, 4.69) is 4.98 Å². The van der Waals surface area contributed by atoms with Gasteiger partial charge in [0.2, 0.25) is 0 Å². The predicted molar refractivity (Wildman–Crippen MR) is 114 cm³/mol. The van der Waals surface area contributed by atoms with Gasteiger partial charge in [-0.05, 0) is 44.2 Å². The van der Waals surface area contributed by atoms with Gasteiger partial charge in [-0.2, -0.15) is 13.2 Å². The Bertz CT molecular complexity index is 1080. The number of alkyl halides is 3. The summed E-state index contributed by atoms with van der Waals surface area (Å²) in [5.74, 6) is -1.69. The van der Waals surface area contributed by atoms with Crippen molar-refractivity contribution in [3.8, 4) is 0 Å². The van der Waals surface area contributed by atoms with E-state index in [1.54, 1.807) is 0 Å². The third-order valence-corrected chi connectivity index (χ3v) is 5.38. The molecule has 2 heterocycles. The standard InChI is InChI=1S/C21H21ClF4N4O3/c1-11-6-13(21(24,25)26)7-18(27-11)30-17(10-29(20(30)33)9-12(2)31)19(32)28(3)14-4-5-16(23)15(22)8-14/h4-8,12,17,31H,9-10H2,1-3H3. The van der Waals surface area contributed by atoms with Crippen molar-refractivity contribution < 1.29 is 32.3 Å². The molecule has 1 saturated heterocycles. The fraction of sp³-hybridized carbons (Fsp3) is 0.381. The Labute approximate surface area is 192 Å². The van der Waals surface area contributed by atoms with Gasteiger partial charge in [0.15, 0.2) is 0 Å². The summed E-state index contributed by atoms with van der Waals surface area (Å²) in [4.78, 5) is 33.6. The molecule has 2 atom stereocenters. The number of aliphatic hydroxyl groups excluding tert-OH is 1. The van der Waals surface area contributed by atoms with Crippen LogP contribution >= 0.6 is 11.6 Å². The molecule has 12 heteroatoms. The minimum absolute atomic E-state index is 0.00599. The Morgan fingerprint density at radius 1 is 1.33 bits per heavy atom. The number of β-amino-alcohol motifs (C(OH)–C–C–N with tert-alkyl or cyclic N) is 1. The Morgan fingerprint density at radius 3 is 2.58 bits per heavy atom. The van der Waals surface area contributed by atoms with Crippen molar-refractivity contribution in [2.24, 2.45) is 0 Å². The van der Waals surface area contributed by atoms with Crippen molar-refractivity contribution in [2.75, 3.05) is 29.9 Å². The van der Waals surface area contributed by atoms with Crippen molar-refractivity contribution in [1.29, 1.82) is 0 Å². The number of carbonyl (C=O) groups is 2. The minimum atomic E-state index is -4.69. The van der Waals surface area contributed by atoms with Crippen LogP contribution in [0.5, 0.6) is 0 Å². The largest absolute Gasteiger partial charge is 0.416 e. The normalized spacial score (nSPS) is 17.5. The molecule has 178 valence electrons. The quantitative estimate of drug-likeness (QED) is 0.648. The van der Waals surface area contributed by atoms with Crippen LogP contribution in [0.4, 0.5) is 33.9 Å². The Hall–Kier alpha value is -2.92. The minimum Gasteiger partial charge on any atom is -0.392 e. The van der Waals surface area contributed by atoms with Crippen molar-refractivity contribution in [1.82, 2.24) is 9.88 Å². The average Bonchev–Trinajstić information content (AvgIpc) is 3.03. The number of pyridine rings is 1. The highest BCUT2D eigenvalue weighted by molar-refractivity contribution is 6.31. The van der Waals surface area contributed by atoms with E-state index in [9.17, 15) is 32.3 Å². The zero-order valence-corrected chi connectivity index (χ0v) is 18.7. The summed E-state index contributed by atoms with van der Waals surface area (Å²) >= 11 is 5.80. The van der Waals surface area contributed by atoms with Crippen LogP contribution in [0.15, 0.2) is 30.3 Å². The van der Waals surface area contributed by atoms with Gasteiger partial charge in [0.1, 0.15) is 17.7 Å². The second-order valence-electron chi connectivity index (χ2n) is 7.77. The molecule has 1 fully saturated rings. The molecule has 1 aliphatic heterocycles. The first-order chi connectivity index (χ1) is 15.3. The Balaban J connectivity index is 2.04. The highest BCUT2D eigenvalue weighted by atomic mass is 35.5. The van der Waals surface area contributed by atoms with Gasteiger partial charge in [0.25, 0.3) is 5.91 Å². The lowest BCUT2D eigenvalue weighted by Crippen LogP contribution is -2.47. The number of amides is 3. The molecule has 0 spiro atoms. The van der Waals surface area contributed by atoms with Gasteiger partial charge in [-0.1, -0.05) is 11.6 Å². The number of aryl methyl sites for hydroxylation is 1. The van der Waals surface area contributed by atoms with E-state index < -0.39 is 41.6 Å². The Kier molecular flexibility index (Phi) is 6.85. The third-order valence-electron chi connectivity index (χ3n) is 5.09. The molecule has 0 radical (unpaired) electrons. The predicted octanol–water partition coefficient (Wildman–Crippen LogP) is 3.86. The number of hydrogen-bond acceptors (Lipinski definition) is 4. The number of nitrogens with zero attached hydrogens (tertiary/aromatic N) is 4. The number of likely N-dealkylation sites (N-methyl/N-ethyl adjacent to an activating group) is 1. The van der Waals surface area contributed by atoms with Crippen molar-refractivity contribution in [2.45, 2.75) is 32.2 Å². The van der Waals surface area contributed by atoms with Gasteiger partial charge >= 0.3 is 12.2 Å². The van der Waals surface area contributed by atoms with E-state index in [1.165, 1.54) is 33.0 Å². The first-order valence-electron chi connectivity index (χ1n) is 9.84. The van der Waals surface area contributed by atoms with Gasteiger partial charge in [-0.3, -0.25) is 9.69 Å². The van der Waals surface area contributed by atoms with Gasteiger partial charge < -0.3 is 14.9 Å². The van der Waals surface area contributed by atoms with Crippen LogP contribution in [0.25, 0.3) is 0 Å². The lowest BCUT2D eigenvalue weighted by atomic mass is 10.1. The summed E-state index contributed by atoms with van der Waals surface area (Å²) in [5.41, 5.74) is -0.788. The number of urea groups is 1. The van der Waals surface area contributed by atoms with E-state index in [4.69, 9.17) is 11.6 Å². The number of rotatable bonds is 5. The first-order valence-corrected chi connectivity index (χ1v) is 10.2. The van der Waals surface area contributed by atoms with Crippen LogP contribution in [0.3, 0.4) is 0 Å². The summed E-state index contributed by atoms with van der Waals surface area (Å²) in [5, 5.41) is 9.50. The number of halogens is 5. The van der Waals surface area contributed by atoms with Crippen LogP contribution in [-0.4, -0.2) is 59.2 Å². The van der Waals surface area contributed by atoms with Crippen LogP contribution in [-0.2, 0) is 11.0 Å². The second-order valence-corrected chi connectivity index (χ2v) is 8.18. The van der Waals surface area contributed by atoms with E-state index >= 15 is 0 Å². The van der Waals surface area contributed by atoms with Gasteiger partial charge in [0.05, 0.1) is 23.2 Å². The summed E-state index contributed by atoms with van der Waals surface area (Å²) in [6.07, 6.45) is -5.62. The maximum absolute atomic E-state index is 13.5. The summed E-state index contributed by atoms with van der Waals surface area (Å²) in [7, 11) is 1.37. The molecule has 1 aliphatic rings. The molecule has 1 aromatic carbocycles. The van der Waals surface area contributed by atoms with Gasteiger partial charge in [-0.25, -0.2) is 14.2 Å². The van der Waals surface area contributed by atoms with Gasteiger partial charge in [0, 0.05) is 25.0 Å². The highest BCUT2D eigenvalue weighted by Crippen LogP contribution is 2.34. The molecule has 0 aliphatic carbocycles. The van der Waals surface area contributed by atoms with E-state index in [0.717, 1.165) is 26.8 Å². The lowest BCUT2D eigenvalue weighted by Gasteiger charge is -2.27. The summed E-state index contributed by atoms with van der Waals surface area (Å²) < 4.78 is 53.6. The van der Waals surface area contributed by atoms with Crippen molar-refractivity contribution in [3.63, 3.8) is 0 Å². The van der Waals surface area contributed by atoms with E-state index in [0.29, 0.717) is 6.07 Å². The fourth-order valence-corrected chi connectivity index (χ4v) is 3.73. The number of anilines is 2. The lowest BCUT2D eigenvalue weighted by molar-refractivity contribution is -0.137. The number of aromatic nitrogens is 1. The van der Waals surface area contributed by atoms with Crippen LogP contribution < -0.4 is 9.80 Å². The SMILES string of the molecule is Cc1cc(C(F)(F)F)cc(N2C(=O)N(CC(C)O)CC2C(=O)N(C)c2ccc(F)c(Cl)c2)n1. The fourth-order valence-electron chi connectivity index (χ4n) is 3.55. The molecule has 0 saturated carbocycles. The first kappa shape index (κ1) is 24.7. The molecule has 7 nitrogen and oxygen atoms in total. The van der Waals surface area contributed by atoms with Crippen molar-refractivity contribution >= 4 is 35.0 Å². The van der Waals surface area contributed by atoms with Crippen LogP contribution in [0.1, 0.15) is 18.2 Å². The molecule has 3 amide bonds. The smallest absolute Gasteiger partial charge is 0.392 e. The molecule has 3 rings (SSSR count). The molecule has 2 unspecified atom stereocenters. The topological polar surface area (TPSA) is 77.0 Å². The van der Waals surface area contributed by atoms with Gasteiger partial charge in [-0.15, -0.1) is 0 Å². The summed E-state index contributed by atoms with van der Waals surface area (Å²) in [6, 6.07) is 3.10. The van der Waals surface area contributed by atoms with E-state index in [1.807, 2.05) is 0 Å². The zero-order valence-electron chi connectivity index (χ0n) is 17.9. The summed E-state index contributed by atoms with van der Waals surface area (Å²) in [6.45, 7) is 2.45. The molecule has 33 heavy (non-hydrogen) atoms.